The molecule has 2 aromatic carbocycles. The fourth-order valence-corrected chi connectivity index (χ4v) is 2.55. The smallest absolute Gasteiger partial charge is 0.159 e. The van der Waals surface area contributed by atoms with Gasteiger partial charge in [-0.05, 0) is 12.1 Å². The summed E-state index contributed by atoms with van der Waals surface area (Å²) in [4.78, 5) is 11.9. The van der Waals surface area contributed by atoms with Gasteiger partial charge in [-0.1, -0.05) is 42.5 Å². The van der Waals surface area contributed by atoms with Crippen LogP contribution in [-0.2, 0) is 0 Å². The predicted octanol–water partition coefficient (Wildman–Crippen LogP) is 3.69. The monoisotopic (exact) mass is 302 g/mol. The van der Waals surface area contributed by atoms with Crippen LogP contribution in [-0.4, -0.2) is 24.6 Å². The Labute approximate surface area is 132 Å². The van der Waals surface area contributed by atoms with Crippen LogP contribution in [0.2, 0.25) is 0 Å². The van der Waals surface area contributed by atoms with Gasteiger partial charge in [-0.15, -0.1) is 0 Å². The summed E-state index contributed by atoms with van der Waals surface area (Å²) in [7, 11) is 0. The van der Waals surface area contributed by atoms with E-state index < -0.39 is 0 Å². The largest absolute Gasteiger partial charge is 0.505 e. The first-order chi connectivity index (χ1) is 11.3. The van der Waals surface area contributed by atoms with E-state index in [-0.39, 0.29) is 5.76 Å². The van der Waals surface area contributed by atoms with E-state index >= 15 is 0 Å². The van der Waals surface area contributed by atoms with Crippen molar-refractivity contribution in [2.75, 3.05) is 0 Å². The Morgan fingerprint density at radius 1 is 1.00 bits per heavy atom. The second kappa shape index (κ2) is 5.46. The number of aliphatic hydroxyl groups excluding tert-OH is 1. The number of para-hydroxylation sites is 2. The first-order valence-electron chi connectivity index (χ1n) is 7.25. The summed E-state index contributed by atoms with van der Waals surface area (Å²) in [6.07, 6.45) is 5.09. The average molecular weight is 302 g/mol. The van der Waals surface area contributed by atoms with Crippen molar-refractivity contribution >= 4 is 22.5 Å². The second-order valence-corrected chi connectivity index (χ2v) is 5.14. The van der Waals surface area contributed by atoms with Crippen LogP contribution in [0.15, 0.2) is 73.3 Å². The lowest BCUT2D eigenvalue weighted by Crippen LogP contribution is -2.02. The van der Waals surface area contributed by atoms with E-state index in [1.807, 2.05) is 54.6 Å². The summed E-state index contributed by atoms with van der Waals surface area (Å²) in [6.45, 7) is 0. The third kappa shape index (κ3) is 2.38. The molecule has 0 aliphatic carbocycles. The van der Waals surface area contributed by atoms with E-state index in [1.165, 1.54) is 0 Å². The molecule has 0 spiro atoms. The standard InChI is InChI=1S/C18H14N4O/c23-17(13-6-2-1-3-7-13)16(22-11-10-19-12-22)18-20-14-8-4-5-9-15(14)21-18/h1-12,23H,(H,20,21). The highest BCUT2D eigenvalue weighted by molar-refractivity contribution is 5.87. The van der Waals surface area contributed by atoms with Crippen molar-refractivity contribution in [2.45, 2.75) is 0 Å². The lowest BCUT2D eigenvalue weighted by atomic mass is 10.1. The minimum absolute atomic E-state index is 0.141. The molecule has 0 radical (unpaired) electrons. The third-order valence-corrected chi connectivity index (χ3v) is 3.65. The maximum Gasteiger partial charge on any atom is 0.159 e. The molecule has 5 heteroatoms. The molecule has 0 fully saturated rings. The molecule has 4 aromatic rings. The summed E-state index contributed by atoms with van der Waals surface area (Å²) in [6, 6.07) is 17.2. The van der Waals surface area contributed by atoms with Gasteiger partial charge < -0.3 is 10.1 Å². The molecule has 0 saturated carbocycles. The topological polar surface area (TPSA) is 66.7 Å². The summed E-state index contributed by atoms with van der Waals surface area (Å²) >= 11 is 0. The zero-order valence-electron chi connectivity index (χ0n) is 12.2. The lowest BCUT2D eigenvalue weighted by Gasteiger charge is -2.09. The van der Waals surface area contributed by atoms with Gasteiger partial charge in [0, 0.05) is 18.0 Å². The number of nitrogens with one attached hydrogen (secondary N) is 1. The zero-order valence-corrected chi connectivity index (χ0v) is 12.2. The lowest BCUT2D eigenvalue weighted by molar-refractivity contribution is 0.511. The van der Waals surface area contributed by atoms with Crippen molar-refractivity contribution in [3.05, 3.63) is 84.7 Å². The Hall–Kier alpha value is -3.34. The Bertz CT molecular complexity index is 936. The molecule has 0 atom stereocenters. The van der Waals surface area contributed by atoms with Crippen LogP contribution in [0.1, 0.15) is 11.4 Å². The molecule has 2 aromatic heterocycles. The normalized spacial score (nSPS) is 12.3. The van der Waals surface area contributed by atoms with Crippen molar-refractivity contribution < 1.29 is 5.11 Å². The van der Waals surface area contributed by atoms with Gasteiger partial charge in [-0.3, -0.25) is 4.57 Å². The Morgan fingerprint density at radius 2 is 1.78 bits per heavy atom. The van der Waals surface area contributed by atoms with Crippen molar-refractivity contribution in [1.29, 1.82) is 0 Å². The van der Waals surface area contributed by atoms with Crippen LogP contribution in [0.5, 0.6) is 0 Å². The maximum atomic E-state index is 10.8. The SMILES string of the molecule is OC(=C(c1nc2ccccc2[nH]1)n1ccnc1)c1ccccc1. The van der Waals surface area contributed by atoms with E-state index in [0.717, 1.165) is 16.6 Å². The number of aliphatic hydroxyl groups is 1. The average Bonchev–Trinajstić information content (AvgIpc) is 3.25. The molecule has 0 aliphatic rings. The quantitative estimate of drug-likeness (QED) is 0.567. The number of rotatable bonds is 3. The van der Waals surface area contributed by atoms with Crippen LogP contribution in [0, 0.1) is 0 Å². The maximum absolute atomic E-state index is 10.8. The first kappa shape index (κ1) is 13.3. The molecule has 4 rings (SSSR count). The van der Waals surface area contributed by atoms with Crippen LogP contribution in [0.25, 0.3) is 22.5 Å². The zero-order chi connectivity index (χ0) is 15.6. The molecule has 112 valence electrons. The van der Waals surface area contributed by atoms with Gasteiger partial charge in [0.05, 0.1) is 17.4 Å². The fourth-order valence-electron chi connectivity index (χ4n) is 2.55. The van der Waals surface area contributed by atoms with Gasteiger partial charge in [0.1, 0.15) is 5.70 Å². The molecular formula is C18H14N4O. The van der Waals surface area contributed by atoms with Gasteiger partial charge in [0.25, 0.3) is 0 Å². The number of hydrogen-bond donors (Lipinski definition) is 2. The molecule has 2 N–H and O–H groups in total. The third-order valence-electron chi connectivity index (χ3n) is 3.65. The van der Waals surface area contributed by atoms with E-state index in [4.69, 9.17) is 0 Å². The Balaban J connectivity index is 1.96. The molecule has 0 amide bonds. The number of hydrogen-bond acceptors (Lipinski definition) is 3. The minimum atomic E-state index is 0.141. The summed E-state index contributed by atoms with van der Waals surface area (Å²) in [5.74, 6) is 0.730. The molecule has 0 unspecified atom stereocenters. The van der Waals surface area contributed by atoms with Gasteiger partial charge in [0.2, 0.25) is 0 Å². The fraction of sp³-hybridized carbons (Fsp3) is 0. The van der Waals surface area contributed by atoms with Crippen molar-refractivity contribution in [1.82, 2.24) is 19.5 Å². The number of fused-ring (bicyclic) bond motifs is 1. The predicted molar refractivity (Wildman–Crippen MR) is 89.6 cm³/mol. The number of H-pyrrole nitrogens is 1. The van der Waals surface area contributed by atoms with E-state index in [9.17, 15) is 5.11 Å². The summed E-state index contributed by atoms with van der Waals surface area (Å²) in [5.41, 5.74) is 3.04. The van der Waals surface area contributed by atoms with E-state index in [2.05, 4.69) is 15.0 Å². The second-order valence-electron chi connectivity index (χ2n) is 5.14. The van der Waals surface area contributed by atoms with E-state index in [1.54, 1.807) is 23.3 Å². The minimum Gasteiger partial charge on any atom is -0.505 e. The van der Waals surface area contributed by atoms with Crippen LogP contribution < -0.4 is 0 Å². The van der Waals surface area contributed by atoms with Crippen LogP contribution in [0.3, 0.4) is 0 Å². The molecule has 0 bridgehead atoms. The summed E-state index contributed by atoms with van der Waals surface area (Å²) < 4.78 is 1.75. The van der Waals surface area contributed by atoms with Gasteiger partial charge in [0.15, 0.2) is 11.6 Å². The molecule has 0 aliphatic heterocycles. The number of aromatic nitrogens is 4. The highest BCUT2D eigenvalue weighted by Gasteiger charge is 2.16. The number of imidazole rings is 2. The van der Waals surface area contributed by atoms with Crippen molar-refractivity contribution in [3.8, 4) is 0 Å². The molecule has 23 heavy (non-hydrogen) atoms. The van der Waals surface area contributed by atoms with E-state index in [0.29, 0.717) is 11.5 Å². The molecule has 0 saturated heterocycles. The molecule has 5 nitrogen and oxygen atoms in total. The van der Waals surface area contributed by atoms with Gasteiger partial charge in [-0.2, -0.15) is 0 Å². The van der Waals surface area contributed by atoms with Crippen molar-refractivity contribution in [2.24, 2.45) is 0 Å². The first-order valence-corrected chi connectivity index (χ1v) is 7.25. The molecular weight excluding hydrogens is 288 g/mol. The van der Waals surface area contributed by atoms with Gasteiger partial charge >= 0.3 is 0 Å². The van der Waals surface area contributed by atoms with Gasteiger partial charge in [-0.25, -0.2) is 9.97 Å². The van der Waals surface area contributed by atoms with Crippen LogP contribution >= 0.6 is 0 Å². The number of benzene rings is 2. The molecule has 2 heterocycles. The summed E-state index contributed by atoms with van der Waals surface area (Å²) in [5, 5.41) is 10.8. The number of nitrogens with zero attached hydrogens (tertiary/aromatic N) is 3. The highest BCUT2D eigenvalue weighted by Crippen LogP contribution is 2.25. The highest BCUT2D eigenvalue weighted by atomic mass is 16.3. The van der Waals surface area contributed by atoms with Crippen LogP contribution in [0.4, 0.5) is 0 Å². The Kier molecular flexibility index (Phi) is 3.16. The number of aromatic amines is 1. The van der Waals surface area contributed by atoms with Crippen molar-refractivity contribution in [3.63, 3.8) is 0 Å². The Morgan fingerprint density at radius 3 is 2.52 bits per heavy atom.